The summed E-state index contributed by atoms with van der Waals surface area (Å²) < 4.78 is 7.07. The smallest absolute Gasteiger partial charge is 0.320 e. The molecule has 0 aliphatic carbocycles. The van der Waals surface area contributed by atoms with Gasteiger partial charge in [-0.15, -0.1) is 0 Å². The first-order valence-corrected chi connectivity index (χ1v) is 6.96. The lowest BCUT2D eigenvalue weighted by Gasteiger charge is -2.19. The number of hydrogen-bond donors (Lipinski definition) is 1. The second-order valence-corrected chi connectivity index (χ2v) is 5.77. The Hall–Kier alpha value is -2.14. The van der Waals surface area contributed by atoms with Crippen molar-refractivity contribution in [1.82, 2.24) is 15.1 Å². The first-order chi connectivity index (χ1) is 9.96. The van der Waals surface area contributed by atoms with Crippen LogP contribution in [0, 0.1) is 0 Å². The van der Waals surface area contributed by atoms with Crippen molar-refractivity contribution in [2.75, 3.05) is 6.54 Å². The van der Waals surface area contributed by atoms with E-state index < -0.39 is 5.60 Å². The van der Waals surface area contributed by atoms with Crippen LogP contribution in [0.1, 0.15) is 26.3 Å². The average molecular weight is 287 g/mol. The number of nitrogens with one attached hydrogen (secondary N) is 1. The molecule has 112 valence electrons. The summed E-state index contributed by atoms with van der Waals surface area (Å²) >= 11 is 0. The SMILES string of the molecule is CC(C)(C)OC(=O)CNCc1ccccc1-n1cccn1. The topological polar surface area (TPSA) is 56.1 Å². The predicted octanol–water partition coefficient (Wildman–Crippen LogP) is 2.30. The zero-order chi connectivity index (χ0) is 15.3. The van der Waals surface area contributed by atoms with Crippen LogP contribution in [0.3, 0.4) is 0 Å². The van der Waals surface area contributed by atoms with Crippen molar-refractivity contribution in [2.24, 2.45) is 0 Å². The van der Waals surface area contributed by atoms with Crippen LogP contribution >= 0.6 is 0 Å². The van der Waals surface area contributed by atoms with Crippen LogP contribution in [-0.2, 0) is 16.1 Å². The van der Waals surface area contributed by atoms with Gasteiger partial charge in [0.25, 0.3) is 0 Å². The number of para-hydroxylation sites is 1. The highest BCUT2D eigenvalue weighted by Crippen LogP contribution is 2.13. The molecule has 1 N–H and O–H groups in total. The molecule has 5 nitrogen and oxygen atoms in total. The predicted molar refractivity (Wildman–Crippen MR) is 81.1 cm³/mol. The highest BCUT2D eigenvalue weighted by atomic mass is 16.6. The zero-order valence-electron chi connectivity index (χ0n) is 12.7. The molecule has 0 aliphatic rings. The maximum absolute atomic E-state index is 11.7. The fraction of sp³-hybridized carbons (Fsp3) is 0.375. The molecule has 2 aromatic rings. The number of benzene rings is 1. The molecule has 0 unspecified atom stereocenters. The molecule has 1 heterocycles. The standard InChI is InChI=1S/C16H21N3O2/c1-16(2,3)21-15(20)12-17-11-13-7-4-5-8-14(13)19-10-6-9-18-19/h4-10,17H,11-12H2,1-3H3. The summed E-state index contributed by atoms with van der Waals surface area (Å²) in [6.07, 6.45) is 3.64. The second-order valence-electron chi connectivity index (χ2n) is 5.77. The molecule has 2 rings (SSSR count). The molecule has 0 fully saturated rings. The molecule has 0 bridgehead atoms. The van der Waals surface area contributed by atoms with Crippen molar-refractivity contribution in [3.8, 4) is 5.69 Å². The zero-order valence-corrected chi connectivity index (χ0v) is 12.7. The fourth-order valence-corrected chi connectivity index (χ4v) is 1.97. The van der Waals surface area contributed by atoms with E-state index in [1.54, 1.807) is 6.20 Å². The largest absolute Gasteiger partial charge is 0.459 e. The average Bonchev–Trinajstić information content (AvgIpc) is 2.91. The van der Waals surface area contributed by atoms with E-state index >= 15 is 0 Å². The number of esters is 1. The number of carbonyl (C=O) groups excluding carboxylic acids is 1. The van der Waals surface area contributed by atoms with Gasteiger partial charge in [0.2, 0.25) is 0 Å². The van der Waals surface area contributed by atoms with Crippen LogP contribution in [0.2, 0.25) is 0 Å². The van der Waals surface area contributed by atoms with Crippen LogP contribution < -0.4 is 5.32 Å². The Morgan fingerprint density at radius 1 is 1.29 bits per heavy atom. The normalized spacial score (nSPS) is 11.4. The summed E-state index contributed by atoms with van der Waals surface area (Å²) in [4.78, 5) is 11.7. The van der Waals surface area contributed by atoms with Crippen LogP contribution in [0.4, 0.5) is 0 Å². The Kier molecular flexibility index (Phi) is 4.75. The van der Waals surface area contributed by atoms with Crippen molar-refractivity contribution in [3.05, 3.63) is 48.3 Å². The van der Waals surface area contributed by atoms with E-state index in [1.165, 1.54) is 0 Å². The molecule has 1 aromatic heterocycles. The Morgan fingerprint density at radius 2 is 2.05 bits per heavy atom. The number of hydrogen-bond acceptors (Lipinski definition) is 4. The molecule has 21 heavy (non-hydrogen) atoms. The van der Waals surface area contributed by atoms with E-state index in [1.807, 2.05) is 62.0 Å². The van der Waals surface area contributed by atoms with E-state index in [-0.39, 0.29) is 12.5 Å². The third-order valence-electron chi connectivity index (χ3n) is 2.75. The van der Waals surface area contributed by atoms with E-state index in [9.17, 15) is 4.79 Å². The van der Waals surface area contributed by atoms with Gasteiger partial charge in [-0.25, -0.2) is 4.68 Å². The van der Waals surface area contributed by atoms with Crippen LogP contribution in [-0.4, -0.2) is 27.9 Å². The van der Waals surface area contributed by atoms with Gasteiger partial charge in [-0.2, -0.15) is 5.10 Å². The first kappa shape index (κ1) is 15.3. The van der Waals surface area contributed by atoms with Crippen molar-refractivity contribution < 1.29 is 9.53 Å². The van der Waals surface area contributed by atoms with Crippen molar-refractivity contribution >= 4 is 5.97 Å². The van der Waals surface area contributed by atoms with Gasteiger partial charge in [0.15, 0.2) is 0 Å². The van der Waals surface area contributed by atoms with Crippen LogP contribution in [0.5, 0.6) is 0 Å². The van der Waals surface area contributed by atoms with Crippen LogP contribution in [0.25, 0.3) is 5.69 Å². The fourth-order valence-electron chi connectivity index (χ4n) is 1.97. The van der Waals surface area contributed by atoms with Gasteiger partial charge < -0.3 is 10.1 Å². The third-order valence-corrected chi connectivity index (χ3v) is 2.75. The molecular weight excluding hydrogens is 266 g/mol. The first-order valence-electron chi connectivity index (χ1n) is 6.96. The lowest BCUT2D eigenvalue weighted by atomic mass is 10.2. The van der Waals surface area contributed by atoms with Gasteiger partial charge >= 0.3 is 5.97 Å². The maximum Gasteiger partial charge on any atom is 0.320 e. The van der Waals surface area contributed by atoms with E-state index in [2.05, 4.69) is 10.4 Å². The summed E-state index contributed by atoms with van der Waals surface area (Å²) in [6.45, 7) is 6.34. The third kappa shape index (κ3) is 4.72. The Balaban J connectivity index is 1.94. The number of nitrogens with zero attached hydrogens (tertiary/aromatic N) is 2. The summed E-state index contributed by atoms with van der Waals surface area (Å²) in [5, 5.41) is 7.35. The summed E-state index contributed by atoms with van der Waals surface area (Å²) in [5.41, 5.74) is 1.62. The van der Waals surface area contributed by atoms with E-state index in [4.69, 9.17) is 4.74 Å². The molecule has 0 amide bonds. The minimum Gasteiger partial charge on any atom is -0.459 e. The molecular formula is C16H21N3O2. The molecule has 0 radical (unpaired) electrons. The minimum absolute atomic E-state index is 0.185. The van der Waals surface area contributed by atoms with Crippen molar-refractivity contribution in [1.29, 1.82) is 0 Å². The molecule has 5 heteroatoms. The maximum atomic E-state index is 11.7. The molecule has 0 saturated heterocycles. The Labute approximate surface area is 124 Å². The van der Waals surface area contributed by atoms with Crippen molar-refractivity contribution in [2.45, 2.75) is 32.9 Å². The number of ether oxygens (including phenoxy) is 1. The lowest BCUT2D eigenvalue weighted by Crippen LogP contribution is -2.31. The summed E-state index contributed by atoms with van der Waals surface area (Å²) in [7, 11) is 0. The van der Waals surface area contributed by atoms with E-state index in [0.717, 1.165) is 11.3 Å². The molecule has 0 aliphatic heterocycles. The number of aromatic nitrogens is 2. The van der Waals surface area contributed by atoms with Gasteiger partial charge in [-0.3, -0.25) is 4.79 Å². The highest BCUT2D eigenvalue weighted by molar-refractivity contribution is 5.72. The molecule has 0 atom stereocenters. The minimum atomic E-state index is -0.453. The molecule has 0 saturated carbocycles. The number of rotatable bonds is 5. The van der Waals surface area contributed by atoms with Gasteiger partial charge in [0.05, 0.1) is 12.2 Å². The molecule has 0 spiro atoms. The molecule has 1 aromatic carbocycles. The van der Waals surface area contributed by atoms with Crippen molar-refractivity contribution in [3.63, 3.8) is 0 Å². The quantitative estimate of drug-likeness (QED) is 0.857. The number of carbonyl (C=O) groups is 1. The van der Waals surface area contributed by atoms with Gasteiger partial charge in [-0.05, 0) is 38.5 Å². The van der Waals surface area contributed by atoms with Gasteiger partial charge in [0.1, 0.15) is 5.60 Å². The second kappa shape index (κ2) is 6.54. The highest BCUT2D eigenvalue weighted by Gasteiger charge is 2.15. The van der Waals surface area contributed by atoms with Crippen LogP contribution in [0.15, 0.2) is 42.7 Å². The summed E-state index contributed by atoms with van der Waals surface area (Å²) in [5.74, 6) is -0.251. The summed E-state index contributed by atoms with van der Waals surface area (Å²) in [6, 6.07) is 9.83. The van der Waals surface area contributed by atoms with Gasteiger partial charge in [-0.1, -0.05) is 18.2 Å². The Bertz CT molecular complexity index is 586. The van der Waals surface area contributed by atoms with E-state index in [0.29, 0.717) is 6.54 Å². The lowest BCUT2D eigenvalue weighted by molar-refractivity contribution is -0.153. The Morgan fingerprint density at radius 3 is 2.71 bits per heavy atom. The monoisotopic (exact) mass is 287 g/mol. The van der Waals surface area contributed by atoms with Gasteiger partial charge in [0, 0.05) is 18.9 Å².